The fraction of sp³-hybridized carbons (Fsp3) is 0.375. The Kier molecular flexibility index (Phi) is 8.38. The Bertz CT molecular complexity index is 861. The molecule has 154 valence electrons. The molecule has 0 saturated heterocycles. The third-order valence-electron chi connectivity index (χ3n) is 4.76. The molecule has 2 aromatic carbocycles. The highest BCUT2D eigenvalue weighted by molar-refractivity contribution is 7.14. The summed E-state index contributed by atoms with van der Waals surface area (Å²) in [6.07, 6.45) is 7.65. The van der Waals surface area contributed by atoms with Gasteiger partial charge in [-0.05, 0) is 42.8 Å². The molecule has 5 heteroatoms. The summed E-state index contributed by atoms with van der Waals surface area (Å²) >= 11 is 1.58. The second kappa shape index (κ2) is 11.5. The zero-order chi connectivity index (χ0) is 20.3. The molecule has 4 nitrogen and oxygen atoms in total. The summed E-state index contributed by atoms with van der Waals surface area (Å²) in [5.41, 5.74) is 2.91. The smallest absolute Gasteiger partial charge is 0.187 e. The zero-order valence-corrected chi connectivity index (χ0v) is 18.1. The lowest BCUT2D eigenvalue weighted by Gasteiger charge is -2.08. The van der Waals surface area contributed by atoms with Crippen LogP contribution in [0.4, 0.5) is 10.8 Å². The van der Waals surface area contributed by atoms with Crippen molar-refractivity contribution in [2.45, 2.75) is 45.4 Å². The number of nitrogens with zero attached hydrogens (tertiary/aromatic N) is 1. The van der Waals surface area contributed by atoms with E-state index in [0.29, 0.717) is 0 Å². The number of hydrogen-bond donors (Lipinski definition) is 1. The van der Waals surface area contributed by atoms with E-state index in [1.165, 1.54) is 32.1 Å². The highest BCUT2D eigenvalue weighted by Crippen LogP contribution is 2.33. The van der Waals surface area contributed by atoms with Crippen LogP contribution in [0.1, 0.15) is 45.4 Å². The van der Waals surface area contributed by atoms with Gasteiger partial charge >= 0.3 is 0 Å². The van der Waals surface area contributed by atoms with E-state index in [0.717, 1.165) is 46.6 Å². The largest absolute Gasteiger partial charge is 0.496 e. The highest BCUT2D eigenvalue weighted by atomic mass is 32.1. The van der Waals surface area contributed by atoms with Crippen LogP contribution >= 0.6 is 11.3 Å². The monoisotopic (exact) mass is 410 g/mol. The normalized spacial score (nSPS) is 10.7. The minimum atomic E-state index is 0.785. The van der Waals surface area contributed by atoms with E-state index < -0.39 is 0 Å². The molecule has 3 aromatic rings. The Balaban J connectivity index is 1.48. The molecule has 0 atom stereocenters. The van der Waals surface area contributed by atoms with Crippen LogP contribution in [-0.2, 0) is 0 Å². The number of nitrogens with one attached hydrogen (secondary N) is 1. The number of aromatic nitrogens is 1. The van der Waals surface area contributed by atoms with Crippen LogP contribution in [0.2, 0.25) is 0 Å². The van der Waals surface area contributed by atoms with Crippen LogP contribution in [0.5, 0.6) is 11.5 Å². The first kappa shape index (κ1) is 21.2. The van der Waals surface area contributed by atoms with Crippen molar-refractivity contribution in [3.63, 3.8) is 0 Å². The lowest BCUT2D eigenvalue weighted by atomic mass is 10.1. The molecule has 0 aliphatic carbocycles. The van der Waals surface area contributed by atoms with E-state index in [-0.39, 0.29) is 0 Å². The van der Waals surface area contributed by atoms with Crippen LogP contribution in [0, 0.1) is 0 Å². The molecule has 0 aliphatic rings. The number of methoxy groups -OCH3 is 1. The molecule has 0 spiro atoms. The van der Waals surface area contributed by atoms with Crippen LogP contribution in [0.25, 0.3) is 11.3 Å². The summed E-state index contributed by atoms with van der Waals surface area (Å²) in [7, 11) is 1.68. The third kappa shape index (κ3) is 6.50. The molecule has 0 aliphatic heterocycles. The van der Waals surface area contributed by atoms with Crippen molar-refractivity contribution in [1.29, 1.82) is 0 Å². The van der Waals surface area contributed by atoms with Crippen molar-refractivity contribution in [3.8, 4) is 22.8 Å². The van der Waals surface area contributed by atoms with Gasteiger partial charge in [-0.2, -0.15) is 0 Å². The van der Waals surface area contributed by atoms with Crippen molar-refractivity contribution in [2.24, 2.45) is 0 Å². The summed E-state index contributed by atoms with van der Waals surface area (Å²) in [4.78, 5) is 4.69. The second-order valence-electron chi connectivity index (χ2n) is 7.00. The second-order valence-corrected chi connectivity index (χ2v) is 7.86. The van der Waals surface area contributed by atoms with E-state index in [1.807, 2.05) is 53.9 Å². The average molecular weight is 411 g/mol. The molecule has 0 unspecified atom stereocenters. The quantitative estimate of drug-likeness (QED) is 0.318. The Labute approximate surface area is 177 Å². The van der Waals surface area contributed by atoms with Gasteiger partial charge in [0.05, 0.1) is 19.4 Å². The maximum Gasteiger partial charge on any atom is 0.187 e. The van der Waals surface area contributed by atoms with Gasteiger partial charge < -0.3 is 14.8 Å². The molecule has 1 heterocycles. The Morgan fingerprint density at radius 1 is 0.931 bits per heavy atom. The van der Waals surface area contributed by atoms with Crippen molar-refractivity contribution < 1.29 is 9.47 Å². The van der Waals surface area contributed by atoms with E-state index >= 15 is 0 Å². The molecule has 0 saturated carbocycles. The predicted molar refractivity (Wildman–Crippen MR) is 123 cm³/mol. The van der Waals surface area contributed by atoms with Gasteiger partial charge in [0.1, 0.15) is 11.5 Å². The lowest BCUT2D eigenvalue weighted by Crippen LogP contribution is -1.97. The van der Waals surface area contributed by atoms with Crippen LogP contribution in [-0.4, -0.2) is 18.7 Å². The van der Waals surface area contributed by atoms with E-state index in [4.69, 9.17) is 14.5 Å². The fourth-order valence-corrected chi connectivity index (χ4v) is 3.87. The van der Waals surface area contributed by atoms with E-state index in [9.17, 15) is 0 Å². The van der Waals surface area contributed by atoms with Gasteiger partial charge in [0.25, 0.3) is 0 Å². The summed E-state index contributed by atoms with van der Waals surface area (Å²) < 4.78 is 11.3. The topological polar surface area (TPSA) is 43.4 Å². The maximum absolute atomic E-state index is 5.85. The van der Waals surface area contributed by atoms with Gasteiger partial charge in [-0.1, -0.05) is 51.2 Å². The number of hydrogen-bond acceptors (Lipinski definition) is 5. The molecule has 0 bridgehead atoms. The molecule has 0 radical (unpaired) electrons. The molecular weight excluding hydrogens is 380 g/mol. The van der Waals surface area contributed by atoms with Crippen molar-refractivity contribution in [2.75, 3.05) is 19.0 Å². The van der Waals surface area contributed by atoms with Crippen LogP contribution in [0.15, 0.2) is 53.9 Å². The number of rotatable bonds is 12. The standard InChI is InChI=1S/C24H30N2O2S/c1-3-4-5-6-7-10-17-28-20-15-13-19(14-16-20)25-24-26-22(18-29-24)21-11-8-9-12-23(21)27-2/h8-9,11-16,18H,3-7,10,17H2,1-2H3,(H,25,26). The average Bonchev–Trinajstić information content (AvgIpc) is 3.22. The van der Waals surface area contributed by atoms with Crippen LogP contribution in [0.3, 0.4) is 0 Å². The first-order valence-electron chi connectivity index (χ1n) is 10.4. The molecule has 0 fully saturated rings. The first-order chi connectivity index (χ1) is 14.3. The zero-order valence-electron chi connectivity index (χ0n) is 17.3. The van der Waals surface area contributed by atoms with Gasteiger partial charge in [0.15, 0.2) is 5.13 Å². The molecular formula is C24H30N2O2S. The number of anilines is 2. The fourth-order valence-electron chi connectivity index (χ4n) is 3.14. The minimum absolute atomic E-state index is 0.785. The highest BCUT2D eigenvalue weighted by Gasteiger charge is 2.09. The number of benzene rings is 2. The van der Waals surface area contributed by atoms with E-state index in [1.54, 1.807) is 18.4 Å². The van der Waals surface area contributed by atoms with Gasteiger partial charge in [-0.3, -0.25) is 0 Å². The molecule has 0 amide bonds. The summed E-state index contributed by atoms with van der Waals surface area (Å²) in [5.74, 6) is 1.74. The molecule has 1 aromatic heterocycles. The van der Waals surface area contributed by atoms with Gasteiger partial charge in [-0.25, -0.2) is 4.98 Å². The van der Waals surface area contributed by atoms with Gasteiger partial charge in [-0.15, -0.1) is 11.3 Å². The number of unbranched alkanes of at least 4 members (excludes halogenated alkanes) is 5. The third-order valence-corrected chi connectivity index (χ3v) is 5.52. The van der Waals surface area contributed by atoms with Gasteiger partial charge in [0.2, 0.25) is 0 Å². The van der Waals surface area contributed by atoms with Crippen LogP contribution < -0.4 is 14.8 Å². The molecule has 29 heavy (non-hydrogen) atoms. The maximum atomic E-state index is 5.85. The van der Waals surface area contributed by atoms with Crippen molar-refractivity contribution in [1.82, 2.24) is 4.98 Å². The number of thiazole rings is 1. The minimum Gasteiger partial charge on any atom is -0.496 e. The number of ether oxygens (including phenoxy) is 2. The van der Waals surface area contributed by atoms with Gasteiger partial charge in [0, 0.05) is 16.6 Å². The Morgan fingerprint density at radius 2 is 1.69 bits per heavy atom. The molecule has 3 rings (SSSR count). The summed E-state index contributed by atoms with van der Waals surface area (Å²) in [6.45, 7) is 3.03. The number of para-hydroxylation sites is 1. The predicted octanol–water partition coefficient (Wildman–Crippen LogP) is 7.30. The van der Waals surface area contributed by atoms with Crippen molar-refractivity contribution >= 4 is 22.2 Å². The molecule has 1 N–H and O–H groups in total. The lowest BCUT2D eigenvalue weighted by molar-refractivity contribution is 0.304. The first-order valence-corrected chi connectivity index (χ1v) is 11.3. The van der Waals surface area contributed by atoms with E-state index in [2.05, 4.69) is 12.2 Å². The summed E-state index contributed by atoms with van der Waals surface area (Å²) in [5, 5.41) is 6.26. The Morgan fingerprint density at radius 3 is 2.48 bits per heavy atom. The Hall–Kier alpha value is -2.53. The van der Waals surface area contributed by atoms with Crippen molar-refractivity contribution in [3.05, 3.63) is 53.9 Å². The SMILES string of the molecule is CCCCCCCCOc1ccc(Nc2nc(-c3ccccc3OC)cs2)cc1. The summed E-state index contributed by atoms with van der Waals surface area (Å²) in [6, 6.07) is 16.0.